The lowest BCUT2D eigenvalue weighted by atomic mass is 10.2. The van der Waals surface area contributed by atoms with Gasteiger partial charge in [0.25, 0.3) is 0 Å². The van der Waals surface area contributed by atoms with Gasteiger partial charge in [-0.1, -0.05) is 12.1 Å². The largest absolute Gasteiger partial charge is 0.495 e. The van der Waals surface area contributed by atoms with Gasteiger partial charge in [-0.05, 0) is 12.1 Å². The first-order valence-electron chi connectivity index (χ1n) is 5.39. The molecule has 1 aromatic carbocycles. The van der Waals surface area contributed by atoms with Gasteiger partial charge in [-0.3, -0.25) is 0 Å². The van der Waals surface area contributed by atoms with Crippen molar-refractivity contribution < 1.29 is 35.9 Å². The third-order valence-electron chi connectivity index (χ3n) is 2.29. The lowest BCUT2D eigenvalue weighted by Gasteiger charge is -2.24. The van der Waals surface area contributed by atoms with Crippen molar-refractivity contribution in [3.63, 3.8) is 0 Å². The monoisotopic (exact) mass is 316 g/mol. The van der Waals surface area contributed by atoms with E-state index < -0.39 is 24.4 Å². The Morgan fingerprint density at radius 3 is 2.10 bits per heavy atom. The van der Waals surface area contributed by atoms with Crippen molar-refractivity contribution in [2.45, 2.75) is 18.4 Å². The standard InChI is InChI=1S/C11H10F6N2O2/c1-21-7-5-3-2-4-6(7)18-9(20)19-8(10(12,13)14)11(15,16)17/h2-5,8H,1H3,(H2,18,19,20). The zero-order valence-electron chi connectivity index (χ0n) is 10.5. The van der Waals surface area contributed by atoms with E-state index in [4.69, 9.17) is 4.74 Å². The van der Waals surface area contributed by atoms with Crippen LogP contribution in [0.25, 0.3) is 0 Å². The second-order valence-corrected chi connectivity index (χ2v) is 3.81. The Labute approximate surface area is 115 Å². The van der Waals surface area contributed by atoms with Gasteiger partial charge in [-0.2, -0.15) is 26.3 Å². The molecule has 0 radical (unpaired) electrons. The first-order valence-corrected chi connectivity index (χ1v) is 5.39. The molecule has 1 aromatic rings. The Balaban J connectivity index is 2.84. The van der Waals surface area contributed by atoms with Crippen molar-refractivity contribution in [3.8, 4) is 5.75 Å². The van der Waals surface area contributed by atoms with Gasteiger partial charge in [0.2, 0.25) is 6.04 Å². The fourth-order valence-electron chi connectivity index (χ4n) is 1.39. The van der Waals surface area contributed by atoms with Gasteiger partial charge < -0.3 is 15.4 Å². The van der Waals surface area contributed by atoms with Crippen molar-refractivity contribution in [2.24, 2.45) is 0 Å². The highest BCUT2D eigenvalue weighted by atomic mass is 19.4. The van der Waals surface area contributed by atoms with E-state index in [9.17, 15) is 31.1 Å². The van der Waals surface area contributed by atoms with E-state index in [1.807, 2.05) is 5.32 Å². The van der Waals surface area contributed by atoms with Crippen LogP contribution < -0.4 is 15.4 Å². The Bertz CT molecular complexity index is 486. The lowest BCUT2D eigenvalue weighted by molar-refractivity contribution is -0.255. The molecular formula is C11H10F6N2O2. The number of urea groups is 1. The number of hydrogen-bond acceptors (Lipinski definition) is 2. The number of para-hydroxylation sites is 2. The first kappa shape index (κ1) is 16.9. The summed E-state index contributed by atoms with van der Waals surface area (Å²) in [7, 11) is 1.23. The smallest absolute Gasteiger partial charge is 0.417 e. The van der Waals surface area contributed by atoms with Gasteiger partial charge in [0.1, 0.15) is 5.75 Å². The molecule has 10 heteroatoms. The van der Waals surface area contributed by atoms with Crippen molar-refractivity contribution in [1.29, 1.82) is 0 Å². The molecular weight excluding hydrogens is 306 g/mol. The second kappa shape index (κ2) is 6.10. The lowest BCUT2D eigenvalue weighted by Crippen LogP contribution is -2.55. The molecule has 0 aliphatic carbocycles. The van der Waals surface area contributed by atoms with Crippen LogP contribution >= 0.6 is 0 Å². The van der Waals surface area contributed by atoms with Crippen LogP contribution in [-0.4, -0.2) is 31.5 Å². The summed E-state index contributed by atoms with van der Waals surface area (Å²) in [5.41, 5.74) is -0.0689. The molecule has 0 saturated carbocycles. The zero-order chi connectivity index (χ0) is 16.3. The summed E-state index contributed by atoms with van der Waals surface area (Å²) in [6.07, 6.45) is -11.3. The van der Waals surface area contributed by atoms with Gasteiger partial charge in [0.05, 0.1) is 12.8 Å². The number of alkyl halides is 6. The van der Waals surface area contributed by atoms with Crippen LogP contribution in [0.1, 0.15) is 0 Å². The van der Waals surface area contributed by atoms with Crippen LogP contribution in [0, 0.1) is 0 Å². The van der Waals surface area contributed by atoms with Crippen molar-refractivity contribution in [2.75, 3.05) is 12.4 Å². The summed E-state index contributed by atoms with van der Waals surface area (Å²) in [4.78, 5) is 11.3. The summed E-state index contributed by atoms with van der Waals surface area (Å²) in [6.45, 7) is 0. The molecule has 4 nitrogen and oxygen atoms in total. The van der Waals surface area contributed by atoms with Crippen molar-refractivity contribution in [3.05, 3.63) is 24.3 Å². The summed E-state index contributed by atoms with van der Waals surface area (Å²) >= 11 is 0. The molecule has 0 fully saturated rings. The number of nitrogens with one attached hydrogen (secondary N) is 2. The molecule has 0 aliphatic rings. The zero-order valence-corrected chi connectivity index (χ0v) is 10.5. The van der Waals surface area contributed by atoms with Crippen LogP contribution in [0.2, 0.25) is 0 Å². The maximum absolute atomic E-state index is 12.3. The molecule has 0 heterocycles. The van der Waals surface area contributed by atoms with Crippen LogP contribution in [0.4, 0.5) is 36.8 Å². The molecule has 0 saturated heterocycles. The summed E-state index contributed by atoms with van der Waals surface area (Å²) in [5, 5.41) is 2.70. The molecule has 2 amide bonds. The average Bonchev–Trinajstić information content (AvgIpc) is 2.34. The Morgan fingerprint density at radius 1 is 1.10 bits per heavy atom. The maximum Gasteiger partial charge on any atom is 0.417 e. The third-order valence-corrected chi connectivity index (χ3v) is 2.29. The number of ether oxygens (including phenoxy) is 1. The Hall–Kier alpha value is -2.13. The number of anilines is 1. The van der Waals surface area contributed by atoms with Crippen molar-refractivity contribution in [1.82, 2.24) is 5.32 Å². The number of halogens is 6. The number of carbonyl (C=O) groups excluding carboxylic acids is 1. The minimum Gasteiger partial charge on any atom is -0.495 e. The highest BCUT2D eigenvalue weighted by molar-refractivity contribution is 5.91. The number of carbonyl (C=O) groups is 1. The highest BCUT2D eigenvalue weighted by Gasteiger charge is 2.57. The van der Waals surface area contributed by atoms with E-state index in [1.165, 1.54) is 31.4 Å². The van der Waals surface area contributed by atoms with E-state index in [0.717, 1.165) is 5.32 Å². The molecule has 2 N–H and O–H groups in total. The summed E-state index contributed by atoms with van der Waals surface area (Å²) < 4.78 is 78.4. The normalized spacial score (nSPS) is 12.2. The maximum atomic E-state index is 12.3. The molecule has 0 aromatic heterocycles. The van der Waals surface area contributed by atoms with Gasteiger partial charge in [-0.15, -0.1) is 0 Å². The molecule has 118 valence electrons. The minimum atomic E-state index is -5.66. The fraction of sp³-hybridized carbons (Fsp3) is 0.364. The third kappa shape index (κ3) is 4.72. The fourth-order valence-corrected chi connectivity index (χ4v) is 1.39. The molecule has 0 atom stereocenters. The summed E-state index contributed by atoms with van der Waals surface area (Å²) in [6, 6.07) is -0.0482. The van der Waals surface area contributed by atoms with Gasteiger partial charge in [0, 0.05) is 0 Å². The van der Waals surface area contributed by atoms with E-state index >= 15 is 0 Å². The molecule has 0 spiro atoms. The van der Waals surface area contributed by atoms with Crippen LogP contribution in [0.15, 0.2) is 24.3 Å². The topological polar surface area (TPSA) is 50.4 Å². The number of benzene rings is 1. The Kier molecular flexibility index (Phi) is 4.92. The number of rotatable bonds is 3. The molecule has 21 heavy (non-hydrogen) atoms. The number of amides is 2. The quantitative estimate of drug-likeness (QED) is 0.841. The van der Waals surface area contributed by atoms with Gasteiger partial charge >= 0.3 is 18.4 Å². The summed E-state index contributed by atoms with van der Waals surface area (Å²) in [5.74, 6) is 0.0863. The SMILES string of the molecule is COc1ccccc1NC(=O)NC(C(F)(F)F)C(F)(F)F. The van der Waals surface area contributed by atoms with Crippen LogP contribution in [0.3, 0.4) is 0 Å². The van der Waals surface area contributed by atoms with E-state index in [1.54, 1.807) is 0 Å². The predicted molar refractivity (Wildman–Crippen MR) is 61.0 cm³/mol. The highest BCUT2D eigenvalue weighted by Crippen LogP contribution is 2.33. The molecule has 0 unspecified atom stereocenters. The van der Waals surface area contributed by atoms with Gasteiger partial charge in [-0.25, -0.2) is 4.79 Å². The van der Waals surface area contributed by atoms with E-state index in [0.29, 0.717) is 0 Å². The van der Waals surface area contributed by atoms with Crippen LogP contribution in [0.5, 0.6) is 5.75 Å². The van der Waals surface area contributed by atoms with Crippen LogP contribution in [-0.2, 0) is 0 Å². The Morgan fingerprint density at radius 2 is 1.62 bits per heavy atom. The predicted octanol–water partition coefficient (Wildman–Crippen LogP) is 3.31. The first-order chi connectivity index (χ1) is 9.55. The average molecular weight is 316 g/mol. The van der Waals surface area contributed by atoms with Crippen molar-refractivity contribution >= 4 is 11.7 Å². The molecule has 1 rings (SSSR count). The number of methoxy groups -OCH3 is 1. The minimum absolute atomic E-state index is 0.0689. The number of hydrogen-bond donors (Lipinski definition) is 2. The molecule has 0 bridgehead atoms. The van der Waals surface area contributed by atoms with Gasteiger partial charge in [0.15, 0.2) is 0 Å². The second-order valence-electron chi connectivity index (χ2n) is 3.81. The molecule has 0 aliphatic heterocycles. The van der Waals surface area contributed by atoms with E-state index in [-0.39, 0.29) is 11.4 Å². The van der Waals surface area contributed by atoms with E-state index in [2.05, 4.69) is 0 Å².